The zero-order valence-electron chi connectivity index (χ0n) is 9.35. The molecule has 0 aliphatic carbocycles. The van der Waals surface area contributed by atoms with Crippen LogP contribution >= 0.6 is 27.7 Å². The Morgan fingerprint density at radius 2 is 2.29 bits per heavy atom. The van der Waals surface area contributed by atoms with Gasteiger partial charge in [-0.25, -0.2) is 0 Å². The molecule has 0 amide bonds. The molecule has 5 heteroatoms. The predicted molar refractivity (Wildman–Crippen MR) is 76.3 cm³/mol. The van der Waals surface area contributed by atoms with E-state index in [0.29, 0.717) is 5.69 Å². The highest BCUT2D eigenvalue weighted by Gasteiger charge is 2.11. The van der Waals surface area contributed by atoms with Gasteiger partial charge in [0.1, 0.15) is 0 Å². The van der Waals surface area contributed by atoms with Crippen LogP contribution in [0.4, 0.5) is 5.69 Å². The van der Waals surface area contributed by atoms with Gasteiger partial charge in [0.05, 0.1) is 24.0 Å². The second kappa shape index (κ2) is 5.25. The molecule has 0 saturated carbocycles. The fraction of sp³-hybridized carbons (Fsp3) is 0.250. The highest BCUT2D eigenvalue weighted by Crippen LogP contribution is 2.35. The molecule has 0 saturated heterocycles. The van der Waals surface area contributed by atoms with Gasteiger partial charge in [-0.1, -0.05) is 22.9 Å². The van der Waals surface area contributed by atoms with Crippen LogP contribution < -0.4 is 5.73 Å². The molecule has 0 bridgehead atoms. The van der Waals surface area contributed by atoms with Crippen molar-refractivity contribution in [2.75, 3.05) is 12.3 Å². The molecular formula is C12H13BrN2OS. The minimum atomic E-state index is 0.113. The summed E-state index contributed by atoms with van der Waals surface area (Å²) in [5.74, 6) is 0. The van der Waals surface area contributed by atoms with Gasteiger partial charge in [-0.15, -0.1) is 11.8 Å². The predicted octanol–water partition coefficient (Wildman–Crippen LogP) is 3.05. The molecule has 0 fully saturated rings. The van der Waals surface area contributed by atoms with Crippen molar-refractivity contribution in [1.29, 1.82) is 0 Å². The average molecular weight is 313 g/mol. The van der Waals surface area contributed by atoms with Crippen molar-refractivity contribution in [2.45, 2.75) is 17.1 Å². The molecule has 1 aromatic carbocycles. The van der Waals surface area contributed by atoms with Gasteiger partial charge in [0.15, 0.2) is 0 Å². The fourth-order valence-electron chi connectivity index (χ4n) is 1.53. The number of pyridine rings is 1. The number of halogens is 1. The fourth-order valence-corrected chi connectivity index (χ4v) is 2.84. The number of aliphatic hydroxyl groups excluding tert-OH is 1. The SMILES string of the molecule is CC(CO)Sc1c(N)cnc2ccc(Br)cc12. The van der Waals surface area contributed by atoms with Crippen molar-refractivity contribution >= 4 is 44.3 Å². The summed E-state index contributed by atoms with van der Waals surface area (Å²) in [6, 6.07) is 5.91. The van der Waals surface area contributed by atoms with E-state index in [4.69, 9.17) is 10.8 Å². The number of thioether (sulfide) groups is 1. The topological polar surface area (TPSA) is 59.1 Å². The molecule has 0 spiro atoms. The van der Waals surface area contributed by atoms with E-state index in [1.807, 2.05) is 25.1 Å². The first-order chi connectivity index (χ1) is 8.11. The van der Waals surface area contributed by atoms with Crippen molar-refractivity contribution in [2.24, 2.45) is 0 Å². The van der Waals surface area contributed by atoms with Gasteiger partial charge in [-0.3, -0.25) is 4.98 Å². The average Bonchev–Trinajstić information content (AvgIpc) is 2.32. The molecular weight excluding hydrogens is 300 g/mol. The molecule has 3 nitrogen and oxygen atoms in total. The normalized spacial score (nSPS) is 12.9. The summed E-state index contributed by atoms with van der Waals surface area (Å²) in [7, 11) is 0. The van der Waals surface area contributed by atoms with E-state index in [9.17, 15) is 0 Å². The summed E-state index contributed by atoms with van der Waals surface area (Å²) < 4.78 is 0.996. The molecule has 1 aromatic heterocycles. The second-order valence-electron chi connectivity index (χ2n) is 3.82. The van der Waals surface area contributed by atoms with Gasteiger partial charge in [0.2, 0.25) is 0 Å². The van der Waals surface area contributed by atoms with Crippen molar-refractivity contribution < 1.29 is 5.11 Å². The van der Waals surface area contributed by atoms with E-state index < -0.39 is 0 Å². The third kappa shape index (κ3) is 2.73. The Labute approximate surface area is 113 Å². The van der Waals surface area contributed by atoms with Crippen LogP contribution in [0.5, 0.6) is 0 Å². The van der Waals surface area contributed by atoms with E-state index in [1.165, 1.54) is 0 Å². The van der Waals surface area contributed by atoms with Crippen LogP contribution in [0.2, 0.25) is 0 Å². The van der Waals surface area contributed by atoms with Gasteiger partial charge < -0.3 is 10.8 Å². The summed E-state index contributed by atoms with van der Waals surface area (Å²) in [6.45, 7) is 2.09. The Morgan fingerprint density at radius 1 is 1.53 bits per heavy atom. The van der Waals surface area contributed by atoms with Crippen LogP contribution in [0.15, 0.2) is 33.8 Å². The minimum absolute atomic E-state index is 0.113. The van der Waals surface area contributed by atoms with E-state index in [-0.39, 0.29) is 11.9 Å². The number of nitrogen functional groups attached to an aromatic ring is 1. The first kappa shape index (κ1) is 12.7. The van der Waals surface area contributed by atoms with Crippen LogP contribution in [0, 0.1) is 0 Å². The first-order valence-corrected chi connectivity index (χ1v) is 6.90. The molecule has 90 valence electrons. The summed E-state index contributed by atoms with van der Waals surface area (Å²) in [6.07, 6.45) is 1.67. The Morgan fingerprint density at radius 3 is 3.00 bits per heavy atom. The number of hydrogen-bond donors (Lipinski definition) is 2. The third-order valence-electron chi connectivity index (χ3n) is 2.38. The lowest BCUT2D eigenvalue weighted by atomic mass is 10.2. The maximum atomic E-state index is 9.13. The summed E-state index contributed by atoms with van der Waals surface area (Å²) in [4.78, 5) is 5.28. The molecule has 17 heavy (non-hydrogen) atoms. The zero-order chi connectivity index (χ0) is 12.4. The molecule has 0 radical (unpaired) electrons. The third-order valence-corrected chi connectivity index (χ3v) is 4.12. The van der Waals surface area contributed by atoms with Gasteiger partial charge in [0, 0.05) is 20.0 Å². The van der Waals surface area contributed by atoms with Crippen molar-refractivity contribution in [1.82, 2.24) is 4.98 Å². The molecule has 3 N–H and O–H groups in total. The van der Waals surface area contributed by atoms with E-state index in [2.05, 4.69) is 20.9 Å². The second-order valence-corrected chi connectivity index (χ2v) is 6.18. The van der Waals surface area contributed by atoms with Gasteiger partial charge in [-0.05, 0) is 18.2 Å². The summed E-state index contributed by atoms with van der Waals surface area (Å²) >= 11 is 5.02. The van der Waals surface area contributed by atoms with Crippen molar-refractivity contribution in [3.63, 3.8) is 0 Å². The lowest BCUT2D eigenvalue weighted by Gasteiger charge is -2.12. The Balaban J connectivity index is 2.57. The van der Waals surface area contributed by atoms with Gasteiger partial charge in [-0.2, -0.15) is 0 Å². The van der Waals surface area contributed by atoms with Crippen LogP contribution in [-0.2, 0) is 0 Å². The molecule has 1 heterocycles. The molecule has 1 atom stereocenters. The number of anilines is 1. The highest BCUT2D eigenvalue weighted by molar-refractivity contribution is 9.10. The van der Waals surface area contributed by atoms with Crippen LogP contribution in [0.25, 0.3) is 10.9 Å². The van der Waals surface area contributed by atoms with E-state index in [1.54, 1.807) is 18.0 Å². The quantitative estimate of drug-likeness (QED) is 0.855. The van der Waals surface area contributed by atoms with Gasteiger partial charge in [0.25, 0.3) is 0 Å². The largest absolute Gasteiger partial charge is 0.397 e. The summed E-state index contributed by atoms with van der Waals surface area (Å²) in [5.41, 5.74) is 7.53. The molecule has 0 aliphatic rings. The molecule has 2 aromatic rings. The van der Waals surface area contributed by atoms with E-state index >= 15 is 0 Å². The lowest BCUT2D eigenvalue weighted by Crippen LogP contribution is -2.03. The van der Waals surface area contributed by atoms with Crippen molar-refractivity contribution in [3.05, 3.63) is 28.9 Å². The monoisotopic (exact) mass is 312 g/mol. The Bertz CT molecular complexity index is 542. The number of aliphatic hydroxyl groups is 1. The number of nitrogens with two attached hydrogens (primary N) is 1. The summed E-state index contributed by atoms with van der Waals surface area (Å²) in [5, 5.41) is 10.3. The zero-order valence-corrected chi connectivity index (χ0v) is 11.8. The number of hydrogen-bond acceptors (Lipinski definition) is 4. The number of benzene rings is 1. The molecule has 2 rings (SSSR count). The molecule has 0 aliphatic heterocycles. The number of nitrogens with zero attached hydrogens (tertiary/aromatic N) is 1. The Kier molecular flexibility index (Phi) is 3.91. The standard InChI is InChI=1S/C12H13BrN2OS/c1-7(6-16)17-12-9-4-8(13)2-3-11(9)15-5-10(12)14/h2-5,7,16H,6,14H2,1H3. The minimum Gasteiger partial charge on any atom is -0.397 e. The lowest BCUT2D eigenvalue weighted by molar-refractivity contribution is 0.300. The molecule has 1 unspecified atom stereocenters. The van der Waals surface area contributed by atoms with E-state index in [0.717, 1.165) is 20.3 Å². The smallest absolute Gasteiger partial charge is 0.0715 e. The van der Waals surface area contributed by atoms with Crippen molar-refractivity contribution in [3.8, 4) is 0 Å². The Hall–Kier alpha value is -0.780. The first-order valence-electron chi connectivity index (χ1n) is 5.23. The number of fused-ring (bicyclic) bond motifs is 1. The number of aromatic nitrogens is 1. The van der Waals surface area contributed by atoms with Crippen LogP contribution in [-0.4, -0.2) is 21.9 Å². The maximum Gasteiger partial charge on any atom is 0.0715 e. The highest BCUT2D eigenvalue weighted by atomic mass is 79.9. The van der Waals surface area contributed by atoms with Crippen LogP contribution in [0.1, 0.15) is 6.92 Å². The van der Waals surface area contributed by atoms with Gasteiger partial charge >= 0.3 is 0 Å². The maximum absolute atomic E-state index is 9.13. The van der Waals surface area contributed by atoms with Crippen LogP contribution in [0.3, 0.4) is 0 Å². The number of rotatable bonds is 3.